The van der Waals surface area contributed by atoms with Crippen molar-refractivity contribution in [3.8, 4) is 0 Å². The molecule has 1 aromatic heterocycles. The summed E-state index contributed by atoms with van der Waals surface area (Å²) in [6.45, 7) is 0. The van der Waals surface area contributed by atoms with Gasteiger partial charge in [-0.2, -0.15) is 0 Å². The largest absolute Gasteiger partial charge is 0.288 e. The van der Waals surface area contributed by atoms with Crippen LogP contribution in [0.1, 0.15) is 15.2 Å². The molecular weight excluding hydrogens is 346 g/mol. The van der Waals surface area contributed by atoms with Crippen molar-refractivity contribution in [2.45, 2.75) is 0 Å². The van der Waals surface area contributed by atoms with E-state index in [1.165, 1.54) is 24.3 Å². The van der Waals surface area contributed by atoms with Crippen molar-refractivity contribution in [2.75, 3.05) is 0 Å². The van der Waals surface area contributed by atoms with Crippen LogP contribution in [0.2, 0.25) is 0 Å². The van der Waals surface area contributed by atoms with Gasteiger partial charge in [-0.25, -0.2) is 8.78 Å². The summed E-state index contributed by atoms with van der Waals surface area (Å²) in [6.07, 6.45) is 0. The first-order valence-corrected chi connectivity index (χ1v) is 7.35. The molecule has 100 valence electrons. The van der Waals surface area contributed by atoms with Gasteiger partial charge < -0.3 is 0 Å². The number of hydrogen-bond acceptors (Lipinski definition) is 2. The third-order valence-corrected chi connectivity index (χ3v) is 4.61. The van der Waals surface area contributed by atoms with Gasteiger partial charge in [-0.05, 0) is 51.6 Å². The van der Waals surface area contributed by atoms with Gasteiger partial charge in [-0.3, -0.25) is 4.79 Å². The summed E-state index contributed by atoms with van der Waals surface area (Å²) in [5.41, 5.74) is 0.00593. The Morgan fingerprint density at radius 1 is 1.10 bits per heavy atom. The van der Waals surface area contributed by atoms with Crippen LogP contribution < -0.4 is 0 Å². The molecule has 3 aromatic rings. The highest BCUT2D eigenvalue weighted by Crippen LogP contribution is 2.29. The number of hydrogen-bond donors (Lipinski definition) is 0. The zero-order valence-corrected chi connectivity index (χ0v) is 12.4. The highest BCUT2D eigenvalue weighted by atomic mass is 79.9. The molecule has 0 unspecified atom stereocenters. The summed E-state index contributed by atoms with van der Waals surface area (Å²) >= 11 is 4.22. The minimum absolute atomic E-state index is 0.00593. The van der Waals surface area contributed by atoms with E-state index >= 15 is 0 Å². The number of thiophene rings is 1. The number of carbonyl (C=O) groups is 1. The molecule has 0 amide bonds. The molecule has 0 aliphatic rings. The Morgan fingerprint density at radius 3 is 2.70 bits per heavy atom. The molecule has 0 fully saturated rings. The third kappa shape index (κ3) is 2.27. The van der Waals surface area contributed by atoms with Crippen molar-refractivity contribution in [3.05, 3.63) is 69.0 Å². The summed E-state index contributed by atoms with van der Waals surface area (Å²) in [6, 6.07) is 10.5. The van der Waals surface area contributed by atoms with Gasteiger partial charge in [0.2, 0.25) is 5.78 Å². The molecule has 0 N–H and O–H groups in total. The Kier molecular flexibility index (Phi) is 3.40. The van der Waals surface area contributed by atoms with E-state index < -0.39 is 11.6 Å². The maximum atomic E-state index is 13.9. The van der Waals surface area contributed by atoms with Crippen LogP contribution in [0, 0.1) is 11.6 Å². The molecule has 1 nitrogen and oxygen atoms in total. The van der Waals surface area contributed by atoms with Crippen LogP contribution >= 0.6 is 27.3 Å². The number of rotatable bonds is 2. The van der Waals surface area contributed by atoms with E-state index in [-0.39, 0.29) is 15.9 Å². The zero-order chi connectivity index (χ0) is 14.3. The standard InChI is InChI=1S/C15H7BrF2OS/c16-11-3-1-2-10(14(11)18)15(19)13-6-8-4-5-9(17)7-12(8)20-13/h1-7H. The Morgan fingerprint density at radius 2 is 1.90 bits per heavy atom. The summed E-state index contributed by atoms with van der Waals surface area (Å²) in [5, 5.41) is 0.773. The number of fused-ring (bicyclic) bond motifs is 1. The molecule has 0 bridgehead atoms. The van der Waals surface area contributed by atoms with Gasteiger partial charge in [-0.15, -0.1) is 11.3 Å². The van der Waals surface area contributed by atoms with Gasteiger partial charge in [0.1, 0.15) is 11.6 Å². The maximum Gasteiger partial charge on any atom is 0.205 e. The second kappa shape index (κ2) is 5.07. The van der Waals surface area contributed by atoms with E-state index in [1.807, 2.05) is 0 Å². The molecule has 0 saturated heterocycles. The molecule has 0 aliphatic carbocycles. The zero-order valence-electron chi connectivity index (χ0n) is 9.99. The average molecular weight is 353 g/mol. The quantitative estimate of drug-likeness (QED) is 0.581. The second-order valence-electron chi connectivity index (χ2n) is 4.22. The van der Waals surface area contributed by atoms with Crippen LogP contribution in [0.5, 0.6) is 0 Å². The minimum Gasteiger partial charge on any atom is -0.288 e. The van der Waals surface area contributed by atoms with Gasteiger partial charge in [0.25, 0.3) is 0 Å². The Hall–Kier alpha value is -1.59. The summed E-state index contributed by atoms with van der Waals surface area (Å²) in [4.78, 5) is 12.7. The van der Waals surface area contributed by atoms with Crippen LogP contribution in [-0.4, -0.2) is 5.78 Å². The summed E-state index contributed by atoms with van der Waals surface area (Å²) in [7, 11) is 0. The number of ketones is 1. The van der Waals surface area contributed by atoms with Gasteiger partial charge in [0.15, 0.2) is 0 Å². The predicted molar refractivity (Wildman–Crippen MR) is 79.3 cm³/mol. The van der Waals surface area contributed by atoms with E-state index in [1.54, 1.807) is 18.2 Å². The van der Waals surface area contributed by atoms with Crippen LogP contribution in [0.15, 0.2) is 46.9 Å². The first-order valence-electron chi connectivity index (χ1n) is 5.74. The number of halogens is 3. The molecule has 0 radical (unpaired) electrons. The first-order chi connectivity index (χ1) is 9.56. The van der Waals surface area contributed by atoms with Crippen molar-refractivity contribution in [2.24, 2.45) is 0 Å². The number of benzene rings is 2. The highest BCUT2D eigenvalue weighted by molar-refractivity contribution is 9.10. The van der Waals surface area contributed by atoms with Gasteiger partial charge in [0.05, 0.1) is 14.9 Å². The molecule has 1 heterocycles. The van der Waals surface area contributed by atoms with Crippen LogP contribution in [-0.2, 0) is 0 Å². The lowest BCUT2D eigenvalue weighted by Gasteiger charge is -2.01. The second-order valence-corrected chi connectivity index (χ2v) is 6.16. The molecule has 3 rings (SSSR count). The van der Waals surface area contributed by atoms with Crippen LogP contribution in [0.3, 0.4) is 0 Å². The molecular formula is C15H7BrF2OS. The fraction of sp³-hybridized carbons (Fsp3) is 0. The first kappa shape index (κ1) is 13.4. The highest BCUT2D eigenvalue weighted by Gasteiger charge is 2.18. The lowest BCUT2D eigenvalue weighted by molar-refractivity contribution is 0.103. The SMILES string of the molecule is O=C(c1cc2ccc(F)cc2s1)c1cccc(Br)c1F. The molecule has 0 saturated carbocycles. The van der Waals surface area contributed by atoms with Crippen LogP contribution in [0.4, 0.5) is 8.78 Å². The molecule has 0 atom stereocenters. The van der Waals surface area contributed by atoms with E-state index in [9.17, 15) is 13.6 Å². The lowest BCUT2D eigenvalue weighted by atomic mass is 10.1. The fourth-order valence-corrected chi connectivity index (χ4v) is 3.34. The maximum absolute atomic E-state index is 13.9. The number of carbonyl (C=O) groups excluding carboxylic acids is 1. The molecule has 5 heteroatoms. The molecule has 0 aliphatic heterocycles. The topological polar surface area (TPSA) is 17.1 Å². The normalized spacial score (nSPS) is 10.9. The van der Waals surface area contributed by atoms with Crippen molar-refractivity contribution in [1.29, 1.82) is 0 Å². The Bertz CT molecular complexity index is 826. The Balaban J connectivity index is 2.10. The van der Waals surface area contributed by atoms with E-state index in [0.29, 0.717) is 9.58 Å². The smallest absolute Gasteiger partial charge is 0.205 e. The van der Waals surface area contributed by atoms with Crippen molar-refractivity contribution in [1.82, 2.24) is 0 Å². The van der Waals surface area contributed by atoms with Gasteiger partial charge >= 0.3 is 0 Å². The van der Waals surface area contributed by atoms with Crippen molar-refractivity contribution < 1.29 is 13.6 Å². The third-order valence-electron chi connectivity index (χ3n) is 2.90. The molecule has 20 heavy (non-hydrogen) atoms. The average Bonchev–Trinajstić information content (AvgIpc) is 2.84. The summed E-state index contributed by atoms with van der Waals surface area (Å²) in [5.74, 6) is -1.33. The fourth-order valence-electron chi connectivity index (χ4n) is 1.93. The van der Waals surface area contributed by atoms with Gasteiger partial charge in [-0.1, -0.05) is 12.1 Å². The van der Waals surface area contributed by atoms with Gasteiger partial charge in [0, 0.05) is 4.70 Å². The van der Waals surface area contributed by atoms with E-state index in [4.69, 9.17) is 0 Å². The van der Waals surface area contributed by atoms with Crippen LogP contribution in [0.25, 0.3) is 10.1 Å². The van der Waals surface area contributed by atoms with Crippen molar-refractivity contribution in [3.63, 3.8) is 0 Å². The minimum atomic E-state index is -0.582. The van der Waals surface area contributed by atoms with Crippen molar-refractivity contribution >= 4 is 43.1 Å². The molecule has 0 spiro atoms. The predicted octanol–water partition coefficient (Wildman–Crippen LogP) is 5.17. The summed E-state index contributed by atoms with van der Waals surface area (Å²) < 4.78 is 28.0. The molecule has 2 aromatic carbocycles. The van der Waals surface area contributed by atoms with E-state index in [0.717, 1.165) is 16.7 Å². The van der Waals surface area contributed by atoms with E-state index in [2.05, 4.69) is 15.9 Å². The monoisotopic (exact) mass is 352 g/mol. The lowest BCUT2D eigenvalue weighted by Crippen LogP contribution is -2.02. The Labute approximate surface area is 126 Å².